The number of likely N-dealkylation sites (N-methyl/N-ethyl adjacent to an activating group) is 1. The molecule has 0 saturated carbocycles. The maximum Gasteiger partial charge on any atom is 0.256 e. The molecule has 1 aliphatic heterocycles. The number of ether oxygens (including phenoxy) is 1. The lowest BCUT2D eigenvalue weighted by Gasteiger charge is -2.30. The second kappa shape index (κ2) is 6.75. The third-order valence-corrected chi connectivity index (χ3v) is 2.03. The normalized spacial score (nSPS) is 19.6. The number of rotatable bonds is 4. The monoisotopic (exact) mass is 223 g/mol. The molecule has 1 N–H and O–H groups in total. The van der Waals surface area contributed by atoms with E-state index in [4.69, 9.17) is 20.1 Å². The molecule has 0 aliphatic carbocycles. The molecule has 1 heterocycles. The lowest BCUT2D eigenvalue weighted by atomic mass is 10.4. The molecule has 1 saturated heterocycles. The quantitative estimate of drug-likeness (QED) is 0.382. The van der Waals surface area contributed by atoms with Gasteiger partial charge in [-0.2, -0.15) is 10.5 Å². The summed E-state index contributed by atoms with van der Waals surface area (Å²) in [6.45, 7) is 2.38. The van der Waals surface area contributed by atoms with Crippen LogP contribution in [-0.4, -0.2) is 50.3 Å². The van der Waals surface area contributed by atoms with Gasteiger partial charge < -0.3 is 14.9 Å². The van der Waals surface area contributed by atoms with Crippen molar-refractivity contribution >= 4 is 5.71 Å². The summed E-state index contributed by atoms with van der Waals surface area (Å²) in [5.74, 6) is 0. The van der Waals surface area contributed by atoms with Gasteiger partial charge in [-0.3, -0.25) is 0 Å². The van der Waals surface area contributed by atoms with Crippen LogP contribution in [0.3, 0.4) is 0 Å². The molecule has 0 spiro atoms. The molecule has 7 heteroatoms. The van der Waals surface area contributed by atoms with Crippen LogP contribution in [0.5, 0.6) is 0 Å². The second-order valence-corrected chi connectivity index (χ2v) is 3.21. The smallest absolute Gasteiger partial charge is 0.256 e. The van der Waals surface area contributed by atoms with Gasteiger partial charge >= 0.3 is 0 Å². The lowest BCUT2D eigenvalue weighted by molar-refractivity contribution is -0.105. The molecule has 1 atom stereocenters. The zero-order chi connectivity index (χ0) is 11.8. The largest absolute Gasteiger partial charge is 0.378 e. The number of hydrogen-bond acceptors (Lipinski definition) is 7. The Bertz CT molecular complexity index is 308. The Kier molecular flexibility index (Phi) is 5.23. The van der Waals surface area contributed by atoms with Gasteiger partial charge in [0.05, 0.1) is 6.61 Å². The summed E-state index contributed by atoms with van der Waals surface area (Å²) in [5.41, 5.74) is -0.295. The number of nitrogens with zero attached hydrogens (tertiary/aromatic N) is 4. The van der Waals surface area contributed by atoms with Crippen molar-refractivity contribution in [3.63, 3.8) is 0 Å². The molecule has 0 amide bonds. The van der Waals surface area contributed by atoms with Crippen molar-refractivity contribution < 1.29 is 9.57 Å². The minimum absolute atomic E-state index is 0.0726. The van der Waals surface area contributed by atoms with E-state index in [0.29, 0.717) is 13.2 Å². The van der Waals surface area contributed by atoms with Crippen molar-refractivity contribution in [2.24, 2.45) is 5.16 Å². The van der Waals surface area contributed by atoms with Gasteiger partial charge in [0.25, 0.3) is 5.71 Å². The molecular weight excluding hydrogens is 210 g/mol. The van der Waals surface area contributed by atoms with E-state index in [1.165, 1.54) is 0 Å². The van der Waals surface area contributed by atoms with Crippen LogP contribution in [0.25, 0.3) is 0 Å². The van der Waals surface area contributed by atoms with Crippen LogP contribution in [0.15, 0.2) is 5.16 Å². The molecular formula is C9H13N5O2. The molecule has 86 valence electrons. The molecule has 0 bridgehead atoms. The van der Waals surface area contributed by atoms with E-state index in [2.05, 4.69) is 10.5 Å². The molecule has 0 aromatic heterocycles. The number of nitriles is 2. The molecule has 1 fully saturated rings. The maximum absolute atomic E-state index is 8.41. The Morgan fingerprint density at radius 3 is 2.94 bits per heavy atom. The van der Waals surface area contributed by atoms with Gasteiger partial charge in [0.2, 0.25) is 0 Å². The maximum atomic E-state index is 8.41. The van der Waals surface area contributed by atoms with Crippen LogP contribution in [0.2, 0.25) is 0 Å². The standard InChI is InChI=1S/C9H13N5O2/c1-14(9-6-12-2-3-15-9)7-16-13-8(4-10)5-11/h9,12H,2-3,6-7H2,1H3. The molecule has 1 aliphatic rings. The fourth-order valence-corrected chi connectivity index (χ4v) is 1.17. The summed E-state index contributed by atoms with van der Waals surface area (Å²) in [6.07, 6.45) is -0.0726. The number of hydrogen-bond donors (Lipinski definition) is 1. The van der Waals surface area contributed by atoms with Gasteiger partial charge in [-0.15, -0.1) is 0 Å². The number of nitrogens with one attached hydrogen (secondary N) is 1. The highest BCUT2D eigenvalue weighted by atomic mass is 16.6. The molecule has 0 aromatic carbocycles. The van der Waals surface area contributed by atoms with Gasteiger partial charge in [-0.05, 0) is 7.05 Å². The summed E-state index contributed by atoms with van der Waals surface area (Å²) < 4.78 is 5.45. The topological polar surface area (TPSA) is 93.7 Å². The summed E-state index contributed by atoms with van der Waals surface area (Å²) in [6, 6.07) is 3.21. The fraction of sp³-hybridized carbons (Fsp3) is 0.667. The van der Waals surface area contributed by atoms with Gasteiger partial charge in [0.1, 0.15) is 18.4 Å². The Hall–Kier alpha value is -1.67. The number of morpholine rings is 1. The minimum atomic E-state index is -0.295. The fourth-order valence-electron chi connectivity index (χ4n) is 1.17. The van der Waals surface area contributed by atoms with Crippen LogP contribution >= 0.6 is 0 Å². The van der Waals surface area contributed by atoms with Crippen molar-refractivity contribution in [1.29, 1.82) is 10.5 Å². The summed E-state index contributed by atoms with van der Waals surface area (Å²) in [4.78, 5) is 6.65. The first-order chi connectivity index (χ1) is 7.77. The predicted octanol–water partition coefficient (Wildman–Crippen LogP) is -0.759. The Balaban J connectivity index is 2.30. The van der Waals surface area contributed by atoms with E-state index >= 15 is 0 Å². The highest BCUT2D eigenvalue weighted by molar-refractivity contribution is 6.09. The third-order valence-electron chi connectivity index (χ3n) is 2.03. The van der Waals surface area contributed by atoms with Gasteiger partial charge in [-0.1, -0.05) is 5.16 Å². The Morgan fingerprint density at radius 1 is 1.62 bits per heavy atom. The predicted molar refractivity (Wildman–Crippen MR) is 55.0 cm³/mol. The van der Waals surface area contributed by atoms with Crippen LogP contribution in [0.1, 0.15) is 0 Å². The first-order valence-electron chi connectivity index (χ1n) is 4.80. The van der Waals surface area contributed by atoms with E-state index in [0.717, 1.165) is 6.54 Å². The van der Waals surface area contributed by atoms with Gasteiger partial charge in [0, 0.05) is 13.1 Å². The molecule has 1 rings (SSSR count). The van der Waals surface area contributed by atoms with E-state index in [1.807, 2.05) is 7.05 Å². The van der Waals surface area contributed by atoms with Crippen LogP contribution in [0.4, 0.5) is 0 Å². The summed E-state index contributed by atoms with van der Waals surface area (Å²) >= 11 is 0. The van der Waals surface area contributed by atoms with Crippen LogP contribution in [0, 0.1) is 22.7 Å². The average molecular weight is 223 g/mol. The minimum Gasteiger partial charge on any atom is -0.378 e. The van der Waals surface area contributed by atoms with Crippen molar-refractivity contribution in [3.05, 3.63) is 0 Å². The van der Waals surface area contributed by atoms with Crippen LogP contribution in [-0.2, 0) is 9.57 Å². The molecule has 1 unspecified atom stereocenters. The summed E-state index contributed by atoms with van der Waals surface area (Å²) in [5, 5.41) is 23.4. The second-order valence-electron chi connectivity index (χ2n) is 3.21. The highest BCUT2D eigenvalue weighted by Crippen LogP contribution is 2.01. The molecule has 7 nitrogen and oxygen atoms in total. The van der Waals surface area contributed by atoms with E-state index in [1.54, 1.807) is 17.0 Å². The molecule has 16 heavy (non-hydrogen) atoms. The zero-order valence-corrected chi connectivity index (χ0v) is 9.01. The number of oxime groups is 1. The average Bonchev–Trinajstić information content (AvgIpc) is 2.35. The summed E-state index contributed by atoms with van der Waals surface area (Å²) in [7, 11) is 1.81. The zero-order valence-electron chi connectivity index (χ0n) is 9.01. The van der Waals surface area contributed by atoms with Gasteiger partial charge in [0.15, 0.2) is 6.73 Å². The Morgan fingerprint density at radius 2 is 2.38 bits per heavy atom. The SMILES string of the molecule is CN(CON=C(C#N)C#N)C1CNCCO1. The van der Waals surface area contributed by atoms with E-state index in [9.17, 15) is 0 Å². The lowest BCUT2D eigenvalue weighted by Crippen LogP contribution is -2.48. The van der Waals surface area contributed by atoms with Crippen molar-refractivity contribution in [2.75, 3.05) is 33.5 Å². The van der Waals surface area contributed by atoms with Crippen molar-refractivity contribution in [3.8, 4) is 12.1 Å². The van der Waals surface area contributed by atoms with Crippen molar-refractivity contribution in [2.45, 2.75) is 6.23 Å². The van der Waals surface area contributed by atoms with E-state index in [-0.39, 0.29) is 18.7 Å². The van der Waals surface area contributed by atoms with E-state index < -0.39 is 0 Å². The van der Waals surface area contributed by atoms with Gasteiger partial charge in [-0.25, -0.2) is 4.90 Å². The molecule has 0 aromatic rings. The Labute approximate surface area is 93.8 Å². The molecule has 0 radical (unpaired) electrons. The van der Waals surface area contributed by atoms with Crippen LogP contribution < -0.4 is 5.32 Å². The first-order valence-corrected chi connectivity index (χ1v) is 4.80. The highest BCUT2D eigenvalue weighted by Gasteiger charge is 2.18. The van der Waals surface area contributed by atoms with Crippen molar-refractivity contribution in [1.82, 2.24) is 10.2 Å². The first kappa shape index (κ1) is 12.4. The third kappa shape index (κ3) is 3.83.